The van der Waals surface area contributed by atoms with Crippen LogP contribution in [-0.2, 0) is 26.6 Å². The Morgan fingerprint density at radius 2 is 1.77 bits per heavy atom. The van der Waals surface area contributed by atoms with Gasteiger partial charge in [-0.15, -0.1) is 0 Å². The third-order valence-electron chi connectivity index (χ3n) is 7.24. The van der Waals surface area contributed by atoms with Crippen molar-refractivity contribution in [3.05, 3.63) is 113 Å². The summed E-state index contributed by atoms with van der Waals surface area (Å²) >= 11 is 0. The summed E-state index contributed by atoms with van der Waals surface area (Å²) in [5.74, 6) is -0.252. The monoisotopic (exact) mass is 534 g/mol. The zero-order chi connectivity index (χ0) is 27.8. The number of para-hydroxylation sites is 1. The number of carbonyl (C=O) groups excluding carboxylic acids is 2. The Hall–Kier alpha value is -4.99. The van der Waals surface area contributed by atoms with Gasteiger partial charge in [-0.25, -0.2) is 9.67 Å². The lowest BCUT2D eigenvalue weighted by molar-refractivity contribution is 0.0713. The number of rotatable bonds is 6. The van der Waals surface area contributed by atoms with Crippen LogP contribution >= 0.6 is 0 Å². The number of benzene rings is 2. The predicted molar refractivity (Wildman–Crippen MR) is 149 cm³/mol. The molecule has 1 aliphatic rings. The molecule has 6 rings (SSSR count). The summed E-state index contributed by atoms with van der Waals surface area (Å²) in [6.07, 6.45) is 5.96. The van der Waals surface area contributed by atoms with Gasteiger partial charge in [-0.05, 0) is 42.8 Å². The highest BCUT2D eigenvalue weighted by atomic mass is 16.2. The van der Waals surface area contributed by atoms with Crippen LogP contribution in [0, 0.1) is 6.92 Å². The van der Waals surface area contributed by atoms with Gasteiger partial charge < -0.3 is 14.4 Å². The Morgan fingerprint density at radius 1 is 1.00 bits per heavy atom. The summed E-state index contributed by atoms with van der Waals surface area (Å²) in [4.78, 5) is 35.0. The van der Waals surface area contributed by atoms with Gasteiger partial charge in [-0.1, -0.05) is 30.3 Å². The zero-order valence-electron chi connectivity index (χ0n) is 22.7. The molecule has 0 saturated heterocycles. The molecule has 40 heavy (non-hydrogen) atoms. The van der Waals surface area contributed by atoms with Crippen LogP contribution in [0.3, 0.4) is 0 Å². The first-order chi connectivity index (χ1) is 19.4. The second-order valence-electron chi connectivity index (χ2n) is 10.1. The van der Waals surface area contributed by atoms with Gasteiger partial charge in [0, 0.05) is 57.3 Å². The van der Waals surface area contributed by atoms with Crippen molar-refractivity contribution < 1.29 is 9.59 Å². The molecule has 0 saturated carbocycles. The van der Waals surface area contributed by atoms with Gasteiger partial charge in [0.05, 0.1) is 29.9 Å². The fourth-order valence-electron chi connectivity index (χ4n) is 5.23. The minimum absolute atomic E-state index is 0.122. The van der Waals surface area contributed by atoms with Crippen molar-refractivity contribution in [2.75, 3.05) is 13.6 Å². The molecule has 4 heterocycles. The van der Waals surface area contributed by atoms with E-state index >= 15 is 0 Å². The first-order valence-electron chi connectivity index (χ1n) is 13.2. The lowest BCUT2D eigenvalue weighted by Gasteiger charge is -2.27. The van der Waals surface area contributed by atoms with Crippen LogP contribution in [0.5, 0.6) is 0 Å². The van der Waals surface area contributed by atoms with Crippen molar-refractivity contribution in [3.63, 3.8) is 0 Å². The zero-order valence-corrected chi connectivity index (χ0v) is 22.7. The number of fused-ring (bicyclic) bond motifs is 1. The van der Waals surface area contributed by atoms with E-state index in [1.807, 2.05) is 78.4 Å². The van der Waals surface area contributed by atoms with E-state index in [1.165, 1.54) is 0 Å². The van der Waals surface area contributed by atoms with Crippen LogP contribution in [0.15, 0.2) is 79.4 Å². The van der Waals surface area contributed by atoms with Crippen LogP contribution in [0.4, 0.5) is 0 Å². The van der Waals surface area contributed by atoms with E-state index in [-0.39, 0.29) is 11.8 Å². The Bertz CT molecular complexity index is 1670. The van der Waals surface area contributed by atoms with E-state index in [1.54, 1.807) is 45.8 Å². The number of carbonyl (C=O) groups is 2. The van der Waals surface area contributed by atoms with Crippen molar-refractivity contribution >= 4 is 11.8 Å². The van der Waals surface area contributed by atoms with Gasteiger partial charge in [0.15, 0.2) is 0 Å². The number of imidazole rings is 1. The third kappa shape index (κ3) is 4.68. The average molecular weight is 535 g/mol. The average Bonchev–Trinajstić information content (AvgIpc) is 3.71. The first-order valence-corrected chi connectivity index (χ1v) is 13.2. The van der Waals surface area contributed by atoms with E-state index in [0.717, 1.165) is 33.9 Å². The lowest BCUT2D eigenvalue weighted by Crippen LogP contribution is -2.38. The van der Waals surface area contributed by atoms with Crippen molar-refractivity contribution in [3.8, 4) is 11.4 Å². The maximum atomic E-state index is 13.7. The van der Waals surface area contributed by atoms with E-state index in [0.29, 0.717) is 37.4 Å². The molecule has 0 atom stereocenters. The molecular formula is C30H30N8O2. The minimum Gasteiger partial charge on any atom is -0.336 e. The van der Waals surface area contributed by atoms with Gasteiger partial charge in [0.25, 0.3) is 11.8 Å². The molecule has 5 aromatic rings. The topological polar surface area (TPSA) is 94.1 Å². The molecule has 1 aliphatic heterocycles. The molecule has 0 fully saturated rings. The maximum absolute atomic E-state index is 13.7. The number of hydrogen-bond acceptors (Lipinski definition) is 5. The van der Waals surface area contributed by atoms with E-state index in [2.05, 4.69) is 15.2 Å². The van der Waals surface area contributed by atoms with Gasteiger partial charge in [0.1, 0.15) is 11.4 Å². The van der Waals surface area contributed by atoms with Gasteiger partial charge in [0.2, 0.25) is 0 Å². The number of aryl methyl sites for hydroxylation is 2. The molecule has 2 amide bonds. The lowest BCUT2D eigenvalue weighted by atomic mass is 10.0. The Balaban J connectivity index is 1.21. The van der Waals surface area contributed by atoms with Crippen molar-refractivity contribution in [1.82, 2.24) is 38.9 Å². The summed E-state index contributed by atoms with van der Waals surface area (Å²) < 4.78 is 5.27. The Morgan fingerprint density at radius 3 is 2.50 bits per heavy atom. The highest BCUT2D eigenvalue weighted by Crippen LogP contribution is 2.26. The van der Waals surface area contributed by atoms with E-state index < -0.39 is 0 Å². The highest BCUT2D eigenvalue weighted by Gasteiger charge is 2.32. The van der Waals surface area contributed by atoms with Crippen LogP contribution in [-0.4, -0.2) is 64.3 Å². The molecule has 0 N–H and O–H groups in total. The number of hydrogen-bond donors (Lipinski definition) is 0. The largest absolute Gasteiger partial charge is 0.336 e. The summed E-state index contributed by atoms with van der Waals surface area (Å²) in [6.45, 7) is 3.16. The Kier molecular flexibility index (Phi) is 6.51. The maximum Gasteiger partial charge on any atom is 0.272 e. The van der Waals surface area contributed by atoms with Crippen molar-refractivity contribution in [2.45, 2.75) is 26.4 Å². The second kappa shape index (κ2) is 10.3. The molecule has 0 unspecified atom stereocenters. The van der Waals surface area contributed by atoms with Crippen LogP contribution in [0.1, 0.15) is 43.5 Å². The number of nitrogens with zero attached hydrogens (tertiary/aromatic N) is 8. The predicted octanol–water partition coefficient (Wildman–Crippen LogP) is 3.57. The summed E-state index contributed by atoms with van der Waals surface area (Å²) in [5, 5.41) is 9.20. The van der Waals surface area contributed by atoms with E-state index in [9.17, 15) is 9.59 Å². The normalized spacial score (nSPS) is 12.8. The van der Waals surface area contributed by atoms with E-state index in [4.69, 9.17) is 0 Å². The Labute approximate surface area is 232 Å². The molecular weight excluding hydrogens is 504 g/mol. The molecule has 0 bridgehead atoms. The molecule has 2 aromatic carbocycles. The van der Waals surface area contributed by atoms with Crippen LogP contribution < -0.4 is 0 Å². The fraction of sp³-hybridized carbons (Fsp3) is 0.233. The second-order valence-corrected chi connectivity index (χ2v) is 10.1. The number of aromatic nitrogens is 6. The highest BCUT2D eigenvalue weighted by molar-refractivity contribution is 5.96. The van der Waals surface area contributed by atoms with Gasteiger partial charge in [-0.2, -0.15) is 10.2 Å². The summed E-state index contributed by atoms with van der Waals surface area (Å²) in [5.41, 5.74) is 6.28. The quantitative estimate of drug-likeness (QED) is 0.332. The number of amides is 2. The molecule has 3 aromatic heterocycles. The van der Waals surface area contributed by atoms with Crippen LogP contribution in [0.2, 0.25) is 0 Å². The molecule has 0 spiro atoms. The summed E-state index contributed by atoms with van der Waals surface area (Å²) in [6, 6.07) is 19.5. The molecule has 10 heteroatoms. The molecule has 0 aliphatic carbocycles. The van der Waals surface area contributed by atoms with Crippen molar-refractivity contribution in [2.24, 2.45) is 7.05 Å². The third-order valence-corrected chi connectivity index (χ3v) is 7.24. The molecule has 10 nitrogen and oxygen atoms in total. The molecule has 0 radical (unpaired) electrons. The van der Waals surface area contributed by atoms with Crippen LogP contribution in [0.25, 0.3) is 11.4 Å². The molecule has 202 valence electrons. The smallest absolute Gasteiger partial charge is 0.272 e. The fourth-order valence-corrected chi connectivity index (χ4v) is 5.23. The van der Waals surface area contributed by atoms with Gasteiger partial charge >= 0.3 is 0 Å². The SMILES string of the molecule is Cc1cc(C(=O)N2CCc3nn(C)c(C(=O)N(C)Cc4ccc(-n5ccnc5)cc4)c3C2)n(-c2ccccc2)n1. The standard InChI is InChI=1S/C30H30N8O2/c1-21-17-27(38(32-21)24-7-5-4-6-8-24)29(39)36-15-13-26-25(19-36)28(35(3)33-26)30(40)34(2)18-22-9-11-23(12-10-22)37-16-14-31-20-37/h4-12,14,16-17,20H,13,15,18-19H2,1-3H3. The van der Waals surface area contributed by atoms with Gasteiger partial charge in [-0.3, -0.25) is 14.3 Å². The minimum atomic E-state index is -0.130. The van der Waals surface area contributed by atoms with Crippen molar-refractivity contribution in [1.29, 1.82) is 0 Å². The first kappa shape index (κ1) is 25.3. The summed E-state index contributed by atoms with van der Waals surface area (Å²) in [7, 11) is 3.58.